The van der Waals surface area contributed by atoms with Gasteiger partial charge < -0.3 is 9.47 Å². The molecule has 0 radical (unpaired) electrons. The number of anilines is 1. The Bertz CT molecular complexity index is 432. The van der Waals surface area contributed by atoms with Crippen molar-refractivity contribution in [3.05, 3.63) is 9.48 Å². The first kappa shape index (κ1) is 13.9. The fourth-order valence-corrected chi connectivity index (χ4v) is 2.71. The van der Waals surface area contributed by atoms with Crippen molar-refractivity contribution in [1.82, 2.24) is 4.98 Å². The molecule has 1 aromatic heterocycles. The number of halogens is 1. The molecule has 0 bridgehead atoms. The van der Waals surface area contributed by atoms with Crippen LogP contribution in [0, 0.1) is 6.92 Å². The summed E-state index contributed by atoms with van der Waals surface area (Å²) in [6, 6.07) is 0. The molecule has 1 N–H and O–H groups in total. The fourth-order valence-electron chi connectivity index (χ4n) is 1.46. The van der Waals surface area contributed by atoms with E-state index in [1.54, 1.807) is 0 Å². The Hall–Kier alpha value is -0.500. The van der Waals surface area contributed by atoms with Crippen LogP contribution < -0.4 is 5.32 Å². The summed E-state index contributed by atoms with van der Waals surface area (Å²) in [5, 5.41) is 3.30. The first-order valence-electron chi connectivity index (χ1n) is 5.57. The Morgan fingerprint density at radius 3 is 2.83 bits per heavy atom. The lowest BCUT2D eigenvalue weighted by Crippen LogP contribution is -2.47. The summed E-state index contributed by atoms with van der Waals surface area (Å²) in [6.45, 7) is 6.47. The molecule has 7 heteroatoms. The molecule has 1 aliphatic heterocycles. The van der Waals surface area contributed by atoms with Crippen LogP contribution in [-0.2, 0) is 14.3 Å². The Morgan fingerprint density at radius 1 is 1.61 bits per heavy atom. The molecule has 1 atom stereocenters. The monoisotopic (exact) mass is 334 g/mol. The number of amides is 1. The normalized spacial score (nSPS) is 22.8. The van der Waals surface area contributed by atoms with Gasteiger partial charge in [0.05, 0.1) is 18.8 Å². The number of aromatic nitrogens is 1. The van der Waals surface area contributed by atoms with Gasteiger partial charge in [-0.05, 0) is 36.7 Å². The van der Waals surface area contributed by atoms with E-state index in [1.807, 2.05) is 20.8 Å². The Balaban J connectivity index is 1.93. The number of hydrogen-bond donors (Lipinski definition) is 1. The summed E-state index contributed by atoms with van der Waals surface area (Å²) in [7, 11) is 0. The summed E-state index contributed by atoms with van der Waals surface area (Å²) < 4.78 is 11.8. The van der Waals surface area contributed by atoms with Crippen molar-refractivity contribution in [2.45, 2.75) is 32.5 Å². The minimum Gasteiger partial charge on any atom is -0.370 e. The standard InChI is InChI=1S/C11H15BrN2O3S/c1-6-8(12)13-10(18-6)14-9(15)7-4-17-11(2,3)5-16-7/h7H,4-5H2,1-3H3,(H,13,14,15). The number of nitrogens with zero attached hydrogens (tertiary/aromatic N) is 1. The topological polar surface area (TPSA) is 60.5 Å². The van der Waals surface area contributed by atoms with Crippen molar-refractivity contribution in [2.75, 3.05) is 18.5 Å². The molecule has 1 fully saturated rings. The average Bonchev–Trinajstić information content (AvgIpc) is 2.57. The van der Waals surface area contributed by atoms with E-state index in [1.165, 1.54) is 11.3 Å². The first-order valence-corrected chi connectivity index (χ1v) is 7.18. The van der Waals surface area contributed by atoms with Crippen molar-refractivity contribution >= 4 is 38.3 Å². The smallest absolute Gasteiger partial charge is 0.257 e. The molecular weight excluding hydrogens is 320 g/mol. The van der Waals surface area contributed by atoms with E-state index < -0.39 is 6.10 Å². The van der Waals surface area contributed by atoms with Crippen LogP contribution in [0.4, 0.5) is 5.13 Å². The quantitative estimate of drug-likeness (QED) is 0.901. The largest absolute Gasteiger partial charge is 0.370 e. The Kier molecular flexibility index (Phi) is 4.05. The maximum absolute atomic E-state index is 11.9. The van der Waals surface area contributed by atoms with Crippen LogP contribution in [0.15, 0.2) is 4.60 Å². The van der Waals surface area contributed by atoms with Crippen molar-refractivity contribution in [3.63, 3.8) is 0 Å². The van der Waals surface area contributed by atoms with Crippen molar-refractivity contribution in [2.24, 2.45) is 0 Å². The summed E-state index contributed by atoms with van der Waals surface area (Å²) in [6.07, 6.45) is -0.569. The van der Waals surface area contributed by atoms with E-state index in [-0.39, 0.29) is 18.1 Å². The zero-order valence-electron chi connectivity index (χ0n) is 10.4. The van der Waals surface area contributed by atoms with Crippen LogP contribution >= 0.6 is 27.3 Å². The lowest BCUT2D eigenvalue weighted by atomic mass is 10.1. The van der Waals surface area contributed by atoms with Crippen molar-refractivity contribution in [1.29, 1.82) is 0 Å². The van der Waals surface area contributed by atoms with Gasteiger partial charge in [0.1, 0.15) is 4.60 Å². The molecule has 18 heavy (non-hydrogen) atoms. The number of carbonyl (C=O) groups excluding carboxylic acids is 1. The highest BCUT2D eigenvalue weighted by molar-refractivity contribution is 9.10. The molecular formula is C11H15BrN2O3S. The lowest BCUT2D eigenvalue weighted by Gasteiger charge is -2.33. The predicted octanol–water partition coefficient (Wildman–Crippen LogP) is 2.35. The molecule has 1 aromatic rings. The van der Waals surface area contributed by atoms with Crippen LogP contribution in [0.25, 0.3) is 0 Å². The first-order chi connectivity index (χ1) is 8.37. The summed E-state index contributed by atoms with van der Waals surface area (Å²) in [4.78, 5) is 17.1. The van der Waals surface area contributed by atoms with Gasteiger partial charge in [-0.2, -0.15) is 0 Å². The zero-order valence-corrected chi connectivity index (χ0v) is 12.9. The van der Waals surface area contributed by atoms with Gasteiger partial charge in [0.25, 0.3) is 5.91 Å². The molecule has 1 aliphatic rings. The summed E-state index contributed by atoms with van der Waals surface area (Å²) in [5.74, 6) is -0.216. The lowest BCUT2D eigenvalue weighted by molar-refractivity contribution is -0.179. The van der Waals surface area contributed by atoms with Gasteiger partial charge in [0, 0.05) is 4.88 Å². The Labute approximate surface area is 118 Å². The highest BCUT2D eigenvalue weighted by Crippen LogP contribution is 2.26. The van der Waals surface area contributed by atoms with E-state index in [0.29, 0.717) is 11.7 Å². The number of rotatable bonds is 2. The van der Waals surface area contributed by atoms with Crippen LogP contribution in [0.3, 0.4) is 0 Å². The average molecular weight is 335 g/mol. The minimum absolute atomic E-state index is 0.216. The molecule has 0 spiro atoms. The summed E-state index contributed by atoms with van der Waals surface area (Å²) >= 11 is 4.73. The number of aryl methyl sites for hydroxylation is 1. The highest BCUT2D eigenvalue weighted by atomic mass is 79.9. The molecule has 1 unspecified atom stereocenters. The van der Waals surface area contributed by atoms with E-state index in [0.717, 1.165) is 9.48 Å². The van der Waals surface area contributed by atoms with Crippen molar-refractivity contribution < 1.29 is 14.3 Å². The molecule has 100 valence electrons. The van der Waals surface area contributed by atoms with Crippen molar-refractivity contribution in [3.8, 4) is 0 Å². The molecule has 0 aliphatic carbocycles. The van der Waals surface area contributed by atoms with E-state index >= 15 is 0 Å². The molecule has 5 nitrogen and oxygen atoms in total. The van der Waals surface area contributed by atoms with Gasteiger partial charge in [-0.15, -0.1) is 11.3 Å². The van der Waals surface area contributed by atoms with Crippen LogP contribution in [0.2, 0.25) is 0 Å². The molecule has 2 rings (SSSR count). The number of thiazole rings is 1. The third-order valence-electron chi connectivity index (χ3n) is 2.52. The summed E-state index contributed by atoms with van der Waals surface area (Å²) in [5.41, 5.74) is -0.322. The number of carbonyl (C=O) groups is 1. The highest BCUT2D eigenvalue weighted by Gasteiger charge is 2.32. The molecule has 1 amide bonds. The van der Waals surface area contributed by atoms with Gasteiger partial charge in [0.15, 0.2) is 11.2 Å². The number of ether oxygens (including phenoxy) is 2. The van der Waals surface area contributed by atoms with Gasteiger partial charge in [0.2, 0.25) is 0 Å². The van der Waals surface area contributed by atoms with Gasteiger partial charge >= 0.3 is 0 Å². The van der Waals surface area contributed by atoms with Crippen LogP contribution in [-0.4, -0.2) is 35.8 Å². The number of hydrogen-bond acceptors (Lipinski definition) is 5. The molecule has 0 aromatic carbocycles. The second kappa shape index (κ2) is 5.24. The third-order valence-corrected chi connectivity index (χ3v) is 4.44. The third kappa shape index (κ3) is 3.28. The zero-order chi connectivity index (χ0) is 13.3. The second-order valence-corrected chi connectivity index (χ2v) is 6.68. The van der Waals surface area contributed by atoms with E-state index in [2.05, 4.69) is 26.2 Å². The SMILES string of the molecule is Cc1sc(NC(=O)C2COC(C)(C)CO2)nc1Br. The fraction of sp³-hybridized carbons (Fsp3) is 0.636. The van der Waals surface area contributed by atoms with Crippen LogP contribution in [0.1, 0.15) is 18.7 Å². The van der Waals surface area contributed by atoms with E-state index in [4.69, 9.17) is 9.47 Å². The molecule has 0 saturated carbocycles. The maximum Gasteiger partial charge on any atom is 0.257 e. The van der Waals surface area contributed by atoms with Gasteiger partial charge in [-0.1, -0.05) is 0 Å². The predicted molar refractivity (Wildman–Crippen MR) is 73.0 cm³/mol. The van der Waals surface area contributed by atoms with Gasteiger partial charge in [-0.25, -0.2) is 4.98 Å². The minimum atomic E-state index is -0.569. The Morgan fingerprint density at radius 2 is 2.33 bits per heavy atom. The molecule has 1 saturated heterocycles. The van der Waals surface area contributed by atoms with Crippen LogP contribution in [0.5, 0.6) is 0 Å². The maximum atomic E-state index is 11.9. The van der Waals surface area contributed by atoms with Gasteiger partial charge in [-0.3, -0.25) is 10.1 Å². The second-order valence-electron chi connectivity index (χ2n) is 4.73. The molecule has 2 heterocycles. The van der Waals surface area contributed by atoms with E-state index in [9.17, 15) is 4.79 Å². The number of nitrogens with one attached hydrogen (secondary N) is 1.